The molecule has 1 N–H and O–H groups in total. The van der Waals surface area contributed by atoms with Crippen LogP contribution in [-0.2, 0) is 6.54 Å². The summed E-state index contributed by atoms with van der Waals surface area (Å²) in [5.74, 6) is 0.647. The number of piperazine rings is 1. The lowest BCUT2D eigenvalue weighted by Gasteiger charge is -2.46. The maximum absolute atomic E-state index is 4.54. The van der Waals surface area contributed by atoms with Crippen molar-refractivity contribution in [2.24, 2.45) is 11.3 Å². The number of hydrogen-bond acceptors (Lipinski definition) is 3. The van der Waals surface area contributed by atoms with Gasteiger partial charge in [-0.25, -0.2) is 0 Å². The lowest BCUT2D eigenvalue weighted by molar-refractivity contribution is 0.0563. The molecule has 2 unspecified atom stereocenters. The maximum atomic E-state index is 4.54. The summed E-state index contributed by atoms with van der Waals surface area (Å²) in [6.07, 6.45) is 1.89. The van der Waals surface area contributed by atoms with E-state index in [-0.39, 0.29) is 5.41 Å². The normalized spacial score (nSPS) is 24.5. The van der Waals surface area contributed by atoms with Gasteiger partial charge in [-0.1, -0.05) is 34.6 Å². The van der Waals surface area contributed by atoms with Gasteiger partial charge in [0.05, 0.1) is 5.69 Å². The van der Waals surface area contributed by atoms with E-state index in [1.807, 2.05) is 6.20 Å². The summed E-state index contributed by atoms with van der Waals surface area (Å²) >= 11 is 3.46. The van der Waals surface area contributed by atoms with E-state index in [1.54, 1.807) is 0 Å². The highest BCUT2D eigenvalue weighted by molar-refractivity contribution is 9.10. The van der Waals surface area contributed by atoms with Gasteiger partial charge in [0, 0.05) is 42.4 Å². The van der Waals surface area contributed by atoms with Crippen LogP contribution in [0.15, 0.2) is 22.8 Å². The molecule has 2 heterocycles. The Morgan fingerprint density at radius 3 is 2.62 bits per heavy atom. The minimum absolute atomic E-state index is 0.285. The van der Waals surface area contributed by atoms with E-state index >= 15 is 0 Å². The second-order valence-corrected chi connectivity index (χ2v) is 8.45. The lowest BCUT2D eigenvalue weighted by Crippen LogP contribution is -2.61. The van der Waals surface area contributed by atoms with Crippen LogP contribution >= 0.6 is 15.9 Å². The van der Waals surface area contributed by atoms with E-state index in [9.17, 15) is 0 Å². The van der Waals surface area contributed by atoms with Crippen LogP contribution in [0.5, 0.6) is 0 Å². The van der Waals surface area contributed by atoms with Crippen LogP contribution < -0.4 is 5.32 Å². The zero-order valence-corrected chi connectivity index (χ0v) is 15.4. The topological polar surface area (TPSA) is 28.2 Å². The molecule has 21 heavy (non-hydrogen) atoms. The smallest absolute Gasteiger partial charge is 0.0544 e. The molecular weight excluding hydrogens is 326 g/mol. The van der Waals surface area contributed by atoms with Crippen LogP contribution in [-0.4, -0.2) is 35.1 Å². The number of aromatic nitrogens is 1. The summed E-state index contributed by atoms with van der Waals surface area (Å²) in [5.41, 5.74) is 1.44. The molecule has 2 rings (SSSR count). The highest BCUT2D eigenvalue weighted by Gasteiger charge is 2.35. The van der Waals surface area contributed by atoms with E-state index in [1.165, 1.54) is 0 Å². The molecule has 0 aliphatic carbocycles. The Bertz CT molecular complexity index is 450. The number of nitrogens with one attached hydrogen (secondary N) is 1. The molecule has 3 nitrogen and oxygen atoms in total. The fourth-order valence-electron chi connectivity index (χ4n) is 2.95. The number of hydrogen-bond donors (Lipinski definition) is 1. The minimum atomic E-state index is 0.285. The third-order valence-electron chi connectivity index (χ3n) is 4.43. The quantitative estimate of drug-likeness (QED) is 0.897. The molecular formula is C17H28BrN3. The summed E-state index contributed by atoms with van der Waals surface area (Å²) < 4.78 is 1.04. The first-order chi connectivity index (χ1) is 9.77. The molecule has 118 valence electrons. The Hall–Kier alpha value is -0.450. The van der Waals surface area contributed by atoms with Gasteiger partial charge in [-0.3, -0.25) is 9.88 Å². The third-order valence-corrected chi connectivity index (χ3v) is 4.90. The van der Waals surface area contributed by atoms with E-state index in [4.69, 9.17) is 0 Å². The van der Waals surface area contributed by atoms with Crippen molar-refractivity contribution < 1.29 is 0 Å². The Morgan fingerprint density at radius 2 is 2.10 bits per heavy atom. The molecule has 0 spiro atoms. The molecule has 0 aromatic carbocycles. The summed E-state index contributed by atoms with van der Waals surface area (Å²) in [6.45, 7) is 14.7. The van der Waals surface area contributed by atoms with E-state index < -0.39 is 0 Å². The molecule has 1 saturated heterocycles. The average molecular weight is 354 g/mol. The first-order valence-corrected chi connectivity index (χ1v) is 8.64. The van der Waals surface area contributed by atoms with Crippen LogP contribution in [0.3, 0.4) is 0 Å². The van der Waals surface area contributed by atoms with Crippen molar-refractivity contribution in [2.45, 2.75) is 53.2 Å². The zero-order valence-electron chi connectivity index (χ0n) is 13.9. The Kier molecular flexibility index (Phi) is 5.44. The Labute approximate surface area is 137 Å². The predicted octanol–water partition coefficient (Wildman–Crippen LogP) is 3.69. The molecule has 2 atom stereocenters. The number of halogens is 1. The molecule has 0 radical (unpaired) electrons. The fourth-order valence-corrected chi connectivity index (χ4v) is 3.19. The van der Waals surface area contributed by atoms with Gasteiger partial charge < -0.3 is 5.32 Å². The summed E-state index contributed by atoms with van der Waals surface area (Å²) in [6, 6.07) is 5.31. The van der Waals surface area contributed by atoms with Crippen molar-refractivity contribution >= 4 is 15.9 Å². The zero-order chi connectivity index (χ0) is 15.6. The largest absolute Gasteiger partial charge is 0.311 e. The molecule has 1 aliphatic rings. The fraction of sp³-hybridized carbons (Fsp3) is 0.706. The summed E-state index contributed by atoms with van der Waals surface area (Å²) in [5, 5.41) is 3.75. The second kappa shape index (κ2) is 6.76. The summed E-state index contributed by atoms with van der Waals surface area (Å²) in [4.78, 5) is 7.15. The van der Waals surface area contributed by atoms with Crippen molar-refractivity contribution in [1.82, 2.24) is 15.2 Å². The number of pyridine rings is 1. The van der Waals surface area contributed by atoms with E-state index in [0.717, 1.165) is 29.8 Å². The van der Waals surface area contributed by atoms with Crippen molar-refractivity contribution in [3.05, 3.63) is 28.5 Å². The first kappa shape index (κ1) is 16.9. The number of nitrogens with zero attached hydrogens (tertiary/aromatic N) is 2. The molecule has 1 aromatic heterocycles. The standard InChI is InChI=1S/C17H28BrN3/c1-12(2)15-9-20-16(17(3,4)5)11-21(15)10-14-7-6-13(18)8-19-14/h6-8,12,15-16,20H,9-11H2,1-5H3. The van der Waals surface area contributed by atoms with E-state index in [0.29, 0.717) is 18.0 Å². The third kappa shape index (κ3) is 4.51. The average Bonchev–Trinajstić information content (AvgIpc) is 2.40. The first-order valence-electron chi connectivity index (χ1n) is 7.85. The van der Waals surface area contributed by atoms with Gasteiger partial charge in [0.25, 0.3) is 0 Å². The van der Waals surface area contributed by atoms with Crippen LogP contribution in [0.25, 0.3) is 0 Å². The maximum Gasteiger partial charge on any atom is 0.0544 e. The van der Waals surface area contributed by atoms with Crippen molar-refractivity contribution in [3.8, 4) is 0 Å². The molecule has 4 heteroatoms. The van der Waals surface area contributed by atoms with E-state index in [2.05, 4.69) is 77.9 Å². The van der Waals surface area contributed by atoms with Crippen molar-refractivity contribution in [2.75, 3.05) is 13.1 Å². The van der Waals surface area contributed by atoms with Gasteiger partial charge in [-0.15, -0.1) is 0 Å². The van der Waals surface area contributed by atoms with Gasteiger partial charge in [0.2, 0.25) is 0 Å². The predicted molar refractivity (Wildman–Crippen MR) is 92.2 cm³/mol. The summed E-state index contributed by atoms with van der Waals surface area (Å²) in [7, 11) is 0. The van der Waals surface area contributed by atoms with Crippen LogP contribution in [0, 0.1) is 11.3 Å². The van der Waals surface area contributed by atoms with Crippen LogP contribution in [0.2, 0.25) is 0 Å². The van der Waals surface area contributed by atoms with Crippen LogP contribution in [0.1, 0.15) is 40.3 Å². The van der Waals surface area contributed by atoms with Gasteiger partial charge in [-0.05, 0) is 39.4 Å². The lowest BCUT2D eigenvalue weighted by atomic mass is 9.83. The minimum Gasteiger partial charge on any atom is -0.311 e. The highest BCUT2D eigenvalue weighted by Crippen LogP contribution is 2.26. The van der Waals surface area contributed by atoms with Crippen LogP contribution in [0.4, 0.5) is 0 Å². The SMILES string of the molecule is CC(C)C1CNC(C(C)(C)C)CN1Cc1ccc(Br)cn1. The molecule has 1 aliphatic heterocycles. The highest BCUT2D eigenvalue weighted by atomic mass is 79.9. The van der Waals surface area contributed by atoms with Crippen molar-refractivity contribution in [1.29, 1.82) is 0 Å². The van der Waals surface area contributed by atoms with Gasteiger partial charge in [0.1, 0.15) is 0 Å². The molecule has 0 saturated carbocycles. The molecule has 0 amide bonds. The van der Waals surface area contributed by atoms with Gasteiger partial charge >= 0.3 is 0 Å². The number of rotatable bonds is 3. The molecule has 1 fully saturated rings. The Balaban J connectivity index is 2.12. The van der Waals surface area contributed by atoms with Gasteiger partial charge in [0.15, 0.2) is 0 Å². The Morgan fingerprint density at radius 1 is 1.38 bits per heavy atom. The second-order valence-electron chi connectivity index (χ2n) is 7.54. The molecule has 0 bridgehead atoms. The van der Waals surface area contributed by atoms with Gasteiger partial charge in [-0.2, -0.15) is 0 Å². The monoisotopic (exact) mass is 353 g/mol. The molecule has 1 aromatic rings. The van der Waals surface area contributed by atoms with Crippen molar-refractivity contribution in [3.63, 3.8) is 0 Å².